The fourth-order valence-corrected chi connectivity index (χ4v) is 5.48. The second-order valence-corrected chi connectivity index (χ2v) is 11.7. The number of anilines is 1. The van der Waals surface area contributed by atoms with Crippen LogP contribution in [0.15, 0.2) is 53.3 Å². The molecule has 1 N–H and O–H groups in total. The van der Waals surface area contributed by atoms with Gasteiger partial charge in [-0.2, -0.15) is 0 Å². The Kier molecular flexibility index (Phi) is 10.8. The molecule has 3 heterocycles. The molecule has 41 heavy (non-hydrogen) atoms. The number of aliphatic carboxylic acids is 1. The fourth-order valence-electron chi connectivity index (χ4n) is 5.01. The number of halogens is 3. The number of benzene rings is 1. The summed E-state index contributed by atoms with van der Waals surface area (Å²) in [5.41, 5.74) is 1.65. The number of piperidine rings is 1. The van der Waals surface area contributed by atoms with Gasteiger partial charge in [-0.05, 0) is 81.2 Å². The summed E-state index contributed by atoms with van der Waals surface area (Å²) in [6, 6.07) is 3.34. The quantitative estimate of drug-likeness (QED) is 0.325. The first-order chi connectivity index (χ1) is 19.6. The van der Waals surface area contributed by atoms with E-state index in [2.05, 4.69) is 38.3 Å². The van der Waals surface area contributed by atoms with E-state index in [-0.39, 0.29) is 18.1 Å². The normalized spacial score (nSPS) is 18.0. The maximum Gasteiger partial charge on any atom is 0.303 e. The van der Waals surface area contributed by atoms with Gasteiger partial charge >= 0.3 is 5.97 Å². The minimum absolute atomic E-state index is 0.0314. The van der Waals surface area contributed by atoms with E-state index in [0.29, 0.717) is 58.1 Å². The van der Waals surface area contributed by atoms with Crippen molar-refractivity contribution in [3.05, 3.63) is 70.3 Å². The van der Waals surface area contributed by atoms with E-state index < -0.39 is 11.8 Å². The van der Waals surface area contributed by atoms with E-state index in [4.69, 9.17) is 33.0 Å². The second-order valence-electron chi connectivity index (χ2n) is 10.7. The van der Waals surface area contributed by atoms with Crippen LogP contribution in [-0.2, 0) is 11.3 Å². The van der Waals surface area contributed by atoms with Gasteiger partial charge in [-0.3, -0.25) is 9.69 Å². The number of likely N-dealkylation sites (tertiary alicyclic amines) is 1. The molecule has 2 aliphatic rings. The van der Waals surface area contributed by atoms with Crippen LogP contribution >= 0.6 is 23.2 Å². The van der Waals surface area contributed by atoms with Crippen molar-refractivity contribution >= 4 is 40.7 Å². The summed E-state index contributed by atoms with van der Waals surface area (Å²) in [5.74, 6) is -0.165. The number of hydrogen-bond acceptors (Lipinski definition) is 7. The number of hydrogen-bond donors (Lipinski definition) is 1. The van der Waals surface area contributed by atoms with E-state index in [1.165, 1.54) is 0 Å². The molecule has 220 valence electrons. The number of aromatic nitrogens is 2. The smallest absolute Gasteiger partial charge is 0.303 e. The van der Waals surface area contributed by atoms with Crippen LogP contribution in [0.1, 0.15) is 37.3 Å². The lowest BCUT2D eigenvalue weighted by atomic mass is 9.93. The molecule has 0 bridgehead atoms. The molecule has 2 aliphatic heterocycles. The Bertz CT molecular complexity index is 1300. The Balaban J connectivity index is 1.56. The van der Waals surface area contributed by atoms with Gasteiger partial charge in [0.05, 0.1) is 12.4 Å². The third-order valence-electron chi connectivity index (χ3n) is 7.33. The second kappa shape index (κ2) is 14.3. The van der Waals surface area contributed by atoms with Gasteiger partial charge in [-0.15, -0.1) is 0 Å². The number of carboxylic acid groups (broad SMARTS) is 1. The zero-order chi connectivity index (χ0) is 29.5. The Morgan fingerprint density at radius 3 is 2.39 bits per heavy atom. The minimum atomic E-state index is -0.783. The number of ether oxygens (including phenoxy) is 1. The van der Waals surface area contributed by atoms with Gasteiger partial charge in [-0.25, -0.2) is 14.4 Å². The Hall–Kier alpha value is -2.98. The molecule has 0 atom stereocenters. The van der Waals surface area contributed by atoms with Crippen LogP contribution in [0.4, 0.5) is 10.3 Å². The molecule has 0 spiro atoms. The average molecular weight is 605 g/mol. The molecule has 2 fully saturated rings. The lowest BCUT2D eigenvalue weighted by molar-refractivity contribution is -0.138. The highest BCUT2D eigenvalue weighted by molar-refractivity contribution is 6.34. The zero-order valence-electron chi connectivity index (χ0n) is 23.5. The number of likely N-dealkylation sites (N-methyl/N-ethyl adjacent to an activating group) is 1. The summed E-state index contributed by atoms with van der Waals surface area (Å²) in [6.45, 7) is 11.1. The molecule has 2 aromatic rings. The Labute approximate surface area is 250 Å². The van der Waals surface area contributed by atoms with Crippen molar-refractivity contribution in [3.63, 3.8) is 0 Å². The molecule has 0 aliphatic carbocycles. The molecular formula is C30H36Cl2FN5O3. The molecule has 8 nitrogen and oxygen atoms in total. The largest absolute Gasteiger partial charge is 0.481 e. The highest BCUT2D eigenvalue weighted by atomic mass is 35.5. The van der Waals surface area contributed by atoms with E-state index in [1.807, 2.05) is 0 Å². The van der Waals surface area contributed by atoms with Crippen molar-refractivity contribution in [1.29, 1.82) is 0 Å². The highest BCUT2D eigenvalue weighted by Crippen LogP contribution is 2.33. The van der Waals surface area contributed by atoms with Gasteiger partial charge in [0.25, 0.3) is 0 Å². The summed E-state index contributed by atoms with van der Waals surface area (Å²) < 4.78 is 21.8. The molecule has 4 rings (SSSR count). The third kappa shape index (κ3) is 9.00. The molecule has 1 aromatic carbocycles. The topological polar surface area (TPSA) is 82.0 Å². The predicted octanol–water partition coefficient (Wildman–Crippen LogP) is 6.13. The number of nitrogens with zero attached hydrogens (tertiary/aromatic N) is 5. The van der Waals surface area contributed by atoms with Crippen molar-refractivity contribution in [1.82, 2.24) is 19.8 Å². The summed E-state index contributed by atoms with van der Waals surface area (Å²) in [6.07, 6.45) is 8.05. The van der Waals surface area contributed by atoms with Crippen molar-refractivity contribution in [2.24, 2.45) is 5.92 Å². The molecular weight excluding hydrogens is 568 g/mol. The monoisotopic (exact) mass is 603 g/mol. The van der Waals surface area contributed by atoms with Gasteiger partial charge in [0.2, 0.25) is 5.95 Å². The molecule has 2 saturated heterocycles. The lowest BCUT2D eigenvalue weighted by Crippen LogP contribution is -2.45. The minimum Gasteiger partial charge on any atom is -0.481 e. The summed E-state index contributed by atoms with van der Waals surface area (Å²) >= 11 is 12.3. The maximum absolute atomic E-state index is 15.9. The van der Waals surface area contributed by atoms with Crippen LogP contribution in [0.5, 0.6) is 11.5 Å². The summed E-state index contributed by atoms with van der Waals surface area (Å²) in [4.78, 5) is 26.5. The van der Waals surface area contributed by atoms with Gasteiger partial charge in [0, 0.05) is 54.8 Å². The molecule has 0 unspecified atom stereocenters. The molecule has 1 aromatic heterocycles. The Morgan fingerprint density at radius 1 is 1.12 bits per heavy atom. The molecule has 0 saturated carbocycles. The van der Waals surface area contributed by atoms with E-state index >= 15 is 4.39 Å². The zero-order valence-corrected chi connectivity index (χ0v) is 25.0. The predicted molar refractivity (Wildman–Crippen MR) is 161 cm³/mol. The van der Waals surface area contributed by atoms with Crippen LogP contribution in [-0.4, -0.2) is 77.2 Å². The van der Waals surface area contributed by atoms with Gasteiger partial charge < -0.3 is 19.6 Å². The maximum atomic E-state index is 15.9. The van der Waals surface area contributed by atoms with E-state index in [1.54, 1.807) is 43.6 Å². The standard InChI is InChI=1S/C30H36Cl2FN5O3/c1-20(12-25(32)13-21(2)31)23-15-24(19-37-6-4-22(5-7-37)14-28(39)40)29(33)27(16-23)41-26-17-34-30(35-18-26)38-10-8-36(3)9-11-38/h12-13,15-18,22H,1,4-11,14,19H2,2-3H3,(H,39,40)/b21-13+,25-12+. The average Bonchev–Trinajstić information content (AvgIpc) is 2.92. The van der Waals surface area contributed by atoms with Crippen molar-refractivity contribution < 1.29 is 19.0 Å². The lowest BCUT2D eigenvalue weighted by Gasteiger charge is -2.32. The SMILES string of the molecule is C=C(/C=C(Cl)\C=C(/C)Cl)c1cc(CN2CCC(CC(=O)O)CC2)c(F)c(Oc2cnc(N3CCN(C)CC3)nc2)c1. The van der Waals surface area contributed by atoms with E-state index in [9.17, 15) is 4.79 Å². The van der Waals surface area contributed by atoms with Gasteiger partial charge in [0.15, 0.2) is 17.3 Å². The first-order valence-electron chi connectivity index (χ1n) is 13.7. The van der Waals surface area contributed by atoms with Crippen LogP contribution in [0.3, 0.4) is 0 Å². The fraction of sp³-hybridized carbons (Fsp3) is 0.433. The van der Waals surface area contributed by atoms with Crippen LogP contribution in [0.25, 0.3) is 5.57 Å². The number of carbonyl (C=O) groups is 1. The van der Waals surface area contributed by atoms with Crippen molar-refractivity contribution in [3.8, 4) is 11.5 Å². The number of allylic oxidation sites excluding steroid dienone is 5. The van der Waals surface area contributed by atoms with E-state index in [0.717, 1.165) is 39.0 Å². The molecule has 0 amide bonds. The van der Waals surface area contributed by atoms with Crippen molar-refractivity contribution in [2.45, 2.75) is 32.7 Å². The first kappa shape index (κ1) is 31.0. The number of carboxylic acids is 1. The number of rotatable bonds is 10. The summed E-state index contributed by atoms with van der Waals surface area (Å²) in [7, 11) is 2.08. The summed E-state index contributed by atoms with van der Waals surface area (Å²) in [5, 5.41) is 10.0. The third-order valence-corrected chi connectivity index (χ3v) is 7.65. The molecule has 11 heteroatoms. The highest BCUT2D eigenvalue weighted by Gasteiger charge is 2.24. The first-order valence-corrected chi connectivity index (χ1v) is 14.4. The number of piperazine rings is 1. The van der Waals surface area contributed by atoms with Gasteiger partial charge in [0.1, 0.15) is 0 Å². The van der Waals surface area contributed by atoms with Gasteiger partial charge in [-0.1, -0.05) is 29.8 Å². The Morgan fingerprint density at radius 2 is 1.78 bits per heavy atom. The van der Waals surface area contributed by atoms with Crippen molar-refractivity contribution in [2.75, 3.05) is 51.2 Å². The molecule has 0 radical (unpaired) electrons. The van der Waals surface area contributed by atoms with Crippen LogP contribution in [0.2, 0.25) is 0 Å². The van der Waals surface area contributed by atoms with Crippen LogP contribution < -0.4 is 9.64 Å². The van der Waals surface area contributed by atoms with Crippen LogP contribution in [0, 0.1) is 11.7 Å².